The number of amides is 1. The summed E-state index contributed by atoms with van der Waals surface area (Å²) in [6.45, 7) is 4.78. The zero-order chi connectivity index (χ0) is 15.2. The third kappa shape index (κ3) is 4.86. The minimum absolute atomic E-state index is 0.00468. The van der Waals surface area contributed by atoms with Crippen LogP contribution in [0, 0.1) is 5.92 Å². The normalized spacial score (nSPS) is 10.9. The molecule has 1 aromatic heterocycles. The van der Waals surface area contributed by atoms with E-state index in [4.69, 9.17) is 16.1 Å². The Hall–Kier alpha value is -1.88. The molecule has 21 heavy (non-hydrogen) atoms. The lowest BCUT2D eigenvalue weighted by atomic mass is 10.2. The summed E-state index contributed by atoms with van der Waals surface area (Å²) in [6.07, 6.45) is 0.777. The van der Waals surface area contributed by atoms with Gasteiger partial charge in [-0.1, -0.05) is 30.6 Å². The van der Waals surface area contributed by atoms with Gasteiger partial charge in [-0.3, -0.25) is 4.79 Å². The number of carbonyl (C=O) groups excluding carboxylic acids is 1. The molecule has 0 atom stereocenters. The zero-order valence-electron chi connectivity index (χ0n) is 12.1. The Morgan fingerprint density at radius 3 is 2.71 bits per heavy atom. The van der Waals surface area contributed by atoms with E-state index in [0.717, 1.165) is 5.56 Å². The van der Waals surface area contributed by atoms with E-state index in [1.807, 2.05) is 12.1 Å². The topological polar surface area (TPSA) is 68.0 Å². The molecule has 0 unspecified atom stereocenters. The van der Waals surface area contributed by atoms with Crippen molar-refractivity contribution < 1.29 is 9.32 Å². The number of carbonyl (C=O) groups is 1. The number of hydrogen-bond acceptors (Lipinski definition) is 4. The third-order valence-corrected chi connectivity index (χ3v) is 3.10. The Balaban J connectivity index is 1.88. The van der Waals surface area contributed by atoms with Gasteiger partial charge in [-0.25, -0.2) is 0 Å². The van der Waals surface area contributed by atoms with Crippen LogP contribution in [0.3, 0.4) is 0 Å². The molecule has 0 saturated carbocycles. The Morgan fingerprint density at radius 1 is 1.33 bits per heavy atom. The molecule has 0 radical (unpaired) electrons. The largest absolute Gasteiger partial charge is 0.356 e. The lowest BCUT2D eigenvalue weighted by Crippen LogP contribution is -2.27. The summed E-state index contributed by atoms with van der Waals surface area (Å²) in [5.74, 6) is 1.40. The van der Waals surface area contributed by atoms with Crippen LogP contribution >= 0.6 is 11.6 Å². The van der Waals surface area contributed by atoms with Crippen molar-refractivity contribution in [2.24, 2.45) is 5.92 Å². The van der Waals surface area contributed by atoms with E-state index in [0.29, 0.717) is 42.0 Å². The van der Waals surface area contributed by atoms with Crippen molar-refractivity contribution in [3.63, 3.8) is 0 Å². The quantitative estimate of drug-likeness (QED) is 0.890. The highest BCUT2D eigenvalue weighted by Gasteiger charge is 2.10. The van der Waals surface area contributed by atoms with E-state index < -0.39 is 0 Å². The van der Waals surface area contributed by atoms with Gasteiger partial charge in [0, 0.05) is 30.0 Å². The number of aromatic nitrogens is 2. The lowest BCUT2D eigenvalue weighted by Gasteiger charge is -2.06. The number of hydrogen-bond donors (Lipinski definition) is 1. The maximum absolute atomic E-state index is 11.6. The summed E-state index contributed by atoms with van der Waals surface area (Å²) >= 11 is 5.83. The maximum Gasteiger partial charge on any atom is 0.227 e. The molecule has 0 fully saturated rings. The Bertz CT molecular complexity index is 593. The molecule has 2 rings (SSSR count). The molecule has 0 spiro atoms. The van der Waals surface area contributed by atoms with E-state index >= 15 is 0 Å². The SMILES string of the molecule is CC(C)CNC(=O)CCc1nc(-c2ccc(Cl)cc2)no1. The van der Waals surface area contributed by atoms with Crippen molar-refractivity contribution in [2.75, 3.05) is 6.54 Å². The van der Waals surface area contributed by atoms with Gasteiger partial charge in [0.1, 0.15) is 0 Å². The first-order chi connectivity index (χ1) is 10.0. The van der Waals surface area contributed by atoms with E-state index in [-0.39, 0.29) is 5.91 Å². The van der Waals surface area contributed by atoms with Crippen LogP contribution in [0.5, 0.6) is 0 Å². The zero-order valence-corrected chi connectivity index (χ0v) is 12.9. The summed E-state index contributed by atoms with van der Waals surface area (Å²) in [5, 5.41) is 7.42. The first-order valence-corrected chi connectivity index (χ1v) is 7.27. The van der Waals surface area contributed by atoms with Crippen LogP contribution in [0.1, 0.15) is 26.2 Å². The second-order valence-corrected chi connectivity index (χ2v) is 5.65. The summed E-state index contributed by atoms with van der Waals surface area (Å²) in [5.41, 5.74) is 0.832. The van der Waals surface area contributed by atoms with Crippen LogP contribution in [0.4, 0.5) is 0 Å². The molecule has 1 aromatic carbocycles. The van der Waals surface area contributed by atoms with Crippen LogP contribution in [-0.2, 0) is 11.2 Å². The maximum atomic E-state index is 11.6. The number of benzene rings is 1. The molecule has 112 valence electrons. The summed E-state index contributed by atoms with van der Waals surface area (Å²) in [7, 11) is 0. The molecular weight excluding hydrogens is 290 g/mol. The third-order valence-electron chi connectivity index (χ3n) is 2.84. The van der Waals surface area contributed by atoms with Crippen molar-refractivity contribution in [1.82, 2.24) is 15.5 Å². The van der Waals surface area contributed by atoms with Gasteiger partial charge in [0.2, 0.25) is 17.6 Å². The molecule has 0 aliphatic carbocycles. The molecule has 2 aromatic rings. The average Bonchev–Trinajstić information content (AvgIpc) is 2.92. The second kappa shape index (κ2) is 7.22. The van der Waals surface area contributed by atoms with Crippen molar-refractivity contribution >= 4 is 17.5 Å². The lowest BCUT2D eigenvalue weighted by molar-refractivity contribution is -0.121. The van der Waals surface area contributed by atoms with Crippen LogP contribution in [0.25, 0.3) is 11.4 Å². The first kappa shape index (κ1) is 15.5. The molecule has 1 N–H and O–H groups in total. The molecule has 0 saturated heterocycles. The van der Waals surface area contributed by atoms with Gasteiger partial charge in [0.25, 0.3) is 0 Å². The predicted molar refractivity (Wildman–Crippen MR) is 80.9 cm³/mol. The fraction of sp³-hybridized carbons (Fsp3) is 0.400. The van der Waals surface area contributed by atoms with E-state index in [1.54, 1.807) is 12.1 Å². The highest BCUT2D eigenvalue weighted by Crippen LogP contribution is 2.18. The summed E-state index contributed by atoms with van der Waals surface area (Å²) in [6, 6.07) is 7.19. The Kier molecular flexibility index (Phi) is 5.33. The number of aryl methyl sites for hydroxylation is 1. The van der Waals surface area contributed by atoms with Crippen LogP contribution < -0.4 is 5.32 Å². The van der Waals surface area contributed by atoms with Gasteiger partial charge >= 0.3 is 0 Å². The van der Waals surface area contributed by atoms with Gasteiger partial charge in [-0.2, -0.15) is 4.98 Å². The minimum Gasteiger partial charge on any atom is -0.356 e. The Morgan fingerprint density at radius 2 is 2.05 bits per heavy atom. The van der Waals surface area contributed by atoms with Gasteiger partial charge in [-0.05, 0) is 30.2 Å². The van der Waals surface area contributed by atoms with Gasteiger partial charge in [-0.15, -0.1) is 0 Å². The Labute approximate surface area is 128 Å². The van der Waals surface area contributed by atoms with E-state index in [9.17, 15) is 4.79 Å². The second-order valence-electron chi connectivity index (χ2n) is 5.22. The molecular formula is C15H18ClN3O2. The molecule has 5 nitrogen and oxygen atoms in total. The van der Waals surface area contributed by atoms with Crippen molar-refractivity contribution in [3.8, 4) is 11.4 Å². The van der Waals surface area contributed by atoms with Crippen LogP contribution in [0.15, 0.2) is 28.8 Å². The summed E-state index contributed by atoms with van der Waals surface area (Å²) in [4.78, 5) is 15.9. The van der Waals surface area contributed by atoms with E-state index in [2.05, 4.69) is 29.3 Å². The first-order valence-electron chi connectivity index (χ1n) is 6.90. The highest BCUT2D eigenvalue weighted by atomic mass is 35.5. The van der Waals surface area contributed by atoms with Gasteiger partial charge in [0.05, 0.1) is 0 Å². The van der Waals surface area contributed by atoms with Crippen LogP contribution in [0.2, 0.25) is 5.02 Å². The van der Waals surface area contributed by atoms with E-state index in [1.165, 1.54) is 0 Å². The molecule has 1 heterocycles. The molecule has 0 aliphatic rings. The highest BCUT2D eigenvalue weighted by molar-refractivity contribution is 6.30. The smallest absolute Gasteiger partial charge is 0.227 e. The van der Waals surface area contributed by atoms with Crippen LogP contribution in [-0.4, -0.2) is 22.6 Å². The molecule has 0 aliphatic heterocycles. The number of nitrogens with one attached hydrogen (secondary N) is 1. The molecule has 1 amide bonds. The molecule has 6 heteroatoms. The predicted octanol–water partition coefficient (Wildman–Crippen LogP) is 3.09. The minimum atomic E-state index is -0.00468. The van der Waals surface area contributed by atoms with Crippen molar-refractivity contribution in [1.29, 1.82) is 0 Å². The standard InChI is InChI=1S/C15H18ClN3O2/c1-10(2)9-17-13(20)7-8-14-18-15(19-21-14)11-3-5-12(16)6-4-11/h3-6,10H,7-9H2,1-2H3,(H,17,20). The molecule has 0 bridgehead atoms. The monoisotopic (exact) mass is 307 g/mol. The fourth-order valence-electron chi connectivity index (χ4n) is 1.70. The van der Waals surface area contributed by atoms with Crippen molar-refractivity contribution in [2.45, 2.75) is 26.7 Å². The number of halogens is 1. The number of nitrogens with zero attached hydrogens (tertiary/aromatic N) is 2. The number of rotatable bonds is 6. The van der Waals surface area contributed by atoms with Gasteiger partial charge < -0.3 is 9.84 Å². The van der Waals surface area contributed by atoms with Crippen molar-refractivity contribution in [3.05, 3.63) is 35.2 Å². The van der Waals surface area contributed by atoms with Gasteiger partial charge in [0.15, 0.2) is 0 Å². The fourth-order valence-corrected chi connectivity index (χ4v) is 1.83. The average molecular weight is 308 g/mol. The summed E-state index contributed by atoms with van der Waals surface area (Å²) < 4.78 is 5.15.